The van der Waals surface area contributed by atoms with E-state index in [4.69, 9.17) is 0 Å². The highest BCUT2D eigenvalue weighted by Crippen LogP contribution is 2.16. The zero-order valence-corrected chi connectivity index (χ0v) is 13.8. The first kappa shape index (κ1) is 17.3. The van der Waals surface area contributed by atoms with Gasteiger partial charge in [-0.1, -0.05) is 26.7 Å². The van der Waals surface area contributed by atoms with Crippen LogP contribution in [0.4, 0.5) is 0 Å². The summed E-state index contributed by atoms with van der Waals surface area (Å²) in [4.78, 5) is 26.2. The van der Waals surface area contributed by atoms with Crippen LogP contribution in [0.2, 0.25) is 0 Å². The third kappa shape index (κ3) is 4.69. The largest absolute Gasteiger partial charge is 0.343 e. The molecule has 0 bridgehead atoms. The molecule has 1 saturated heterocycles. The number of carbonyl (C=O) groups excluding carboxylic acids is 2. The summed E-state index contributed by atoms with van der Waals surface area (Å²) in [7, 11) is 0. The second kappa shape index (κ2) is 9.27. The summed E-state index contributed by atoms with van der Waals surface area (Å²) >= 11 is 1.88. The first-order chi connectivity index (χ1) is 9.65. The van der Waals surface area contributed by atoms with Gasteiger partial charge in [0, 0.05) is 6.54 Å². The van der Waals surface area contributed by atoms with Gasteiger partial charge in [0.15, 0.2) is 0 Å². The lowest BCUT2D eigenvalue weighted by Gasteiger charge is -2.38. The van der Waals surface area contributed by atoms with Crippen molar-refractivity contribution in [3.8, 4) is 0 Å². The SMILES string of the molecule is CCC1NC(=O)C(CC)N(CCCCCCSC)C1=O. The standard InChI is InChI=1S/C15H28N2O2S/c1-4-12-15(19)17(13(5-2)14(18)16-12)10-8-6-7-9-11-20-3/h12-13H,4-11H2,1-3H3,(H,16,18). The minimum atomic E-state index is -0.318. The van der Waals surface area contributed by atoms with E-state index in [0.29, 0.717) is 12.8 Å². The van der Waals surface area contributed by atoms with Crippen LogP contribution in [0.1, 0.15) is 52.4 Å². The van der Waals surface area contributed by atoms with E-state index in [9.17, 15) is 9.59 Å². The van der Waals surface area contributed by atoms with Gasteiger partial charge in [0.25, 0.3) is 0 Å². The summed E-state index contributed by atoms with van der Waals surface area (Å²) in [5, 5.41) is 2.83. The Morgan fingerprint density at radius 2 is 1.80 bits per heavy atom. The van der Waals surface area contributed by atoms with Crippen molar-refractivity contribution < 1.29 is 9.59 Å². The van der Waals surface area contributed by atoms with Crippen molar-refractivity contribution in [1.29, 1.82) is 0 Å². The lowest BCUT2D eigenvalue weighted by molar-refractivity contribution is -0.149. The number of amides is 2. The molecule has 5 heteroatoms. The number of hydrogen-bond donors (Lipinski definition) is 1. The zero-order chi connectivity index (χ0) is 15.0. The van der Waals surface area contributed by atoms with Gasteiger partial charge in [-0.3, -0.25) is 9.59 Å². The number of nitrogens with one attached hydrogen (secondary N) is 1. The van der Waals surface area contributed by atoms with Crippen molar-refractivity contribution >= 4 is 23.6 Å². The molecule has 2 unspecified atom stereocenters. The molecule has 1 N–H and O–H groups in total. The third-order valence-corrected chi connectivity index (χ3v) is 4.57. The normalized spacial score (nSPS) is 23.1. The van der Waals surface area contributed by atoms with Crippen molar-refractivity contribution in [2.45, 2.75) is 64.5 Å². The minimum absolute atomic E-state index is 0.0151. The maximum absolute atomic E-state index is 12.3. The van der Waals surface area contributed by atoms with E-state index in [0.717, 1.165) is 19.4 Å². The van der Waals surface area contributed by atoms with E-state index in [1.807, 2.05) is 30.5 Å². The molecule has 0 spiro atoms. The molecule has 4 nitrogen and oxygen atoms in total. The Balaban J connectivity index is 2.45. The molecule has 1 aliphatic rings. The smallest absolute Gasteiger partial charge is 0.245 e. The maximum atomic E-state index is 12.3. The molecule has 0 aromatic heterocycles. The third-order valence-electron chi connectivity index (χ3n) is 3.87. The Kier molecular flexibility index (Phi) is 8.04. The van der Waals surface area contributed by atoms with Gasteiger partial charge in [-0.25, -0.2) is 0 Å². The number of hydrogen-bond acceptors (Lipinski definition) is 3. The second-order valence-corrected chi connectivity index (χ2v) is 6.32. The van der Waals surface area contributed by atoms with E-state index in [2.05, 4.69) is 11.6 Å². The van der Waals surface area contributed by atoms with E-state index in [1.54, 1.807) is 0 Å². The van der Waals surface area contributed by atoms with Gasteiger partial charge in [0.05, 0.1) is 0 Å². The molecule has 0 radical (unpaired) electrons. The predicted octanol–water partition coefficient (Wildman–Crippen LogP) is 2.43. The number of rotatable bonds is 9. The Morgan fingerprint density at radius 3 is 2.40 bits per heavy atom. The fourth-order valence-electron chi connectivity index (χ4n) is 2.66. The van der Waals surface area contributed by atoms with Crippen molar-refractivity contribution in [3.63, 3.8) is 0 Å². The summed E-state index contributed by atoms with van der Waals surface area (Å²) in [6, 6.07) is -0.585. The molecule has 1 aliphatic heterocycles. The summed E-state index contributed by atoms with van der Waals surface area (Å²) in [6.45, 7) is 4.63. The van der Waals surface area contributed by atoms with E-state index in [1.165, 1.54) is 18.6 Å². The predicted molar refractivity (Wildman–Crippen MR) is 84.9 cm³/mol. The molecule has 0 aromatic carbocycles. The van der Waals surface area contributed by atoms with Gasteiger partial charge in [-0.2, -0.15) is 11.8 Å². The molecular weight excluding hydrogens is 272 g/mol. The monoisotopic (exact) mass is 300 g/mol. The molecule has 0 saturated carbocycles. The Morgan fingerprint density at radius 1 is 1.10 bits per heavy atom. The van der Waals surface area contributed by atoms with Crippen LogP contribution < -0.4 is 5.32 Å². The number of piperazine rings is 1. The summed E-state index contributed by atoms with van der Waals surface area (Å²) in [5.74, 6) is 1.32. The Bertz CT molecular complexity index is 323. The maximum Gasteiger partial charge on any atom is 0.245 e. The summed E-state index contributed by atoms with van der Waals surface area (Å²) in [6.07, 6.45) is 8.08. The van der Waals surface area contributed by atoms with E-state index in [-0.39, 0.29) is 23.9 Å². The van der Waals surface area contributed by atoms with Crippen LogP contribution in [0.25, 0.3) is 0 Å². The van der Waals surface area contributed by atoms with Crippen molar-refractivity contribution in [2.24, 2.45) is 0 Å². The van der Waals surface area contributed by atoms with E-state index >= 15 is 0 Å². The molecule has 0 aromatic rings. The Hall–Kier alpha value is -0.710. The molecule has 1 fully saturated rings. The number of carbonyl (C=O) groups is 2. The van der Waals surface area contributed by atoms with Crippen LogP contribution in [0, 0.1) is 0 Å². The number of unbranched alkanes of at least 4 members (excludes halogenated alkanes) is 3. The van der Waals surface area contributed by atoms with Gasteiger partial charge < -0.3 is 10.2 Å². The molecule has 1 heterocycles. The van der Waals surface area contributed by atoms with Crippen LogP contribution in [-0.4, -0.2) is 47.4 Å². The van der Waals surface area contributed by atoms with Gasteiger partial charge in [-0.05, 0) is 37.7 Å². The minimum Gasteiger partial charge on any atom is -0.343 e. The molecule has 116 valence electrons. The fraction of sp³-hybridized carbons (Fsp3) is 0.867. The molecule has 1 rings (SSSR count). The number of nitrogens with zero attached hydrogens (tertiary/aromatic N) is 1. The van der Waals surface area contributed by atoms with Gasteiger partial charge in [0.1, 0.15) is 12.1 Å². The fourth-order valence-corrected chi connectivity index (χ4v) is 3.15. The van der Waals surface area contributed by atoms with Crippen molar-refractivity contribution in [1.82, 2.24) is 10.2 Å². The first-order valence-electron chi connectivity index (χ1n) is 7.75. The molecule has 20 heavy (non-hydrogen) atoms. The van der Waals surface area contributed by atoms with Crippen LogP contribution >= 0.6 is 11.8 Å². The van der Waals surface area contributed by atoms with Gasteiger partial charge in [-0.15, -0.1) is 0 Å². The topological polar surface area (TPSA) is 49.4 Å². The van der Waals surface area contributed by atoms with Crippen LogP contribution in [-0.2, 0) is 9.59 Å². The van der Waals surface area contributed by atoms with Gasteiger partial charge >= 0.3 is 0 Å². The summed E-state index contributed by atoms with van der Waals surface area (Å²) in [5.41, 5.74) is 0. The van der Waals surface area contributed by atoms with Gasteiger partial charge in [0.2, 0.25) is 11.8 Å². The number of thioether (sulfide) groups is 1. The lowest BCUT2D eigenvalue weighted by Crippen LogP contribution is -2.63. The highest BCUT2D eigenvalue weighted by atomic mass is 32.2. The molecular formula is C15H28N2O2S. The average Bonchev–Trinajstić information content (AvgIpc) is 2.45. The molecule has 2 amide bonds. The van der Waals surface area contributed by atoms with Crippen LogP contribution in [0.5, 0.6) is 0 Å². The summed E-state index contributed by atoms with van der Waals surface area (Å²) < 4.78 is 0. The zero-order valence-electron chi connectivity index (χ0n) is 13.0. The van der Waals surface area contributed by atoms with Crippen molar-refractivity contribution in [3.05, 3.63) is 0 Å². The molecule has 0 aliphatic carbocycles. The first-order valence-corrected chi connectivity index (χ1v) is 9.14. The van der Waals surface area contributed by atoms with Crippen LogP contribution in [0.3, 0.4) is 0 Å². The highest BCUT2D eigenvalue weighted by molar-refractivity contribution is 7.98. The average molecular weight is 300 g/mol. The van der Waals surface area contributed by atoms with E-state index < -0.39 is 0 Å². The Labute approximate surface area is 127 Å². The highest BCUT2D eigenvalue weighted by Gasteiger charge is 2.38. The molecule has 2 atom stereocenters. The lowest BCUT2D eigenvalue weighted by atomic mass is 10.0. The quantitative estimate of drug-likeness (QED) is 0.665. The van der Waals surface area contributed by atoms with Crippen LogP contribution in [0.15, 0.2) is 0 Å². The second-order valence-electron chi connectivity index (χ2n) is 5.33. The van der Waals surface area contributed by atoms with Crippen molar-refractivity contribution in [2.75, 3.05) is 18.6 Å².